The molecule has 12 heteroatoms. The Morgan fingerprint density at radius 2 is 1.08 bits per heavy atom. The first kappa shape index (κ1) is 30.2. The van der Waals surface area contributed by atoms with Gasteiger partial charge in [-0.3, -0.25) is 19.6 Å². The Balaban J connectivity index is 1.30. The monoisotopic (exact) mass is 680 g/mol. The zero-order valence-corrected chi connectivity index (χ0v) is 27.1. The second-order valence-electron chi connectivity index (χ2n) is 11.3. The fourth-order valence-electron chi connectivity index (χ4n) is 5.83. The van der Waals surface area contributed by atoms with Crippen molar-refractivity contribution in [3.63, 3.8) is 0 Å². The summed E-state index contributed by atoms with van der Waals surface area (Å²) in [6, 6.07) is 25.1. The molecule has 8 aromatic heterocycles. The molecule has 49 heavy (non-hydrogen) atoms. The first-order valence-corrected chi connectivity index (χ1v) is 15.8. The van der Waals surface area contributed by atoms with E-state index in [0.29, 0.717) is 39.2 Å². The maximum absolute atomic E-state index is 12.2. The molecule has 8 rings (SSSR count). The molecule has 10 nitrogen and oxygen atoms in total. The van der Waals surface area contributed by atoms with Crippen LogP contribution in [0, 0.1) is 6.92 Å². The summed E-state index contributed by atoms with van der Waals surface area (Å²) in [5, 5.41) is 2.12. The Morgan fingerprint density at radius 1 is 0.531 bits per heavy atom. The first-order chi connectivity index (χ1) is 23.8. The lowest BCUT2D eigenvalue weighted by atomic mass is 9.97. The summed E-state index contributed by atoms with van der Waals surface area (Å²) in [5.74, 6) is 0. The highest BCUT2D eigenvalue weighted by atomic mass is 35.5. The molecule has 0 aliphatic heterocycles. The van der Waals surface area contributed by atoms with Gasteiger partial charge in [-0.05, 0) is 90.8 Å². The van der Waals surface area contributed by atoms with Crippen LogP contribution in [0.1, 0.15) is 5.69 Å². The smallest absolute Gasteiger partial charge is 0.249 e. The molecule has 0 aliphatic rings. The Kier molecular flexibility index (Phi) is 7.51. The average Bonchev–Trinajstić information content (AvgIpc) is 3.10. The molecule has 0 fully saturated rings. The zero-order chi connectivity index (χ0) is 33.6. The van der Waals surface area contributed by atoms with Gasteiger partial charge in [0.2, 0.25) is 11.1 Å². The Hall–Kier alpha value is -6.10. The molecule has 236 valence electrons. The van der Waals surface area contributed by atoms with Crippen LogP contribution < -0.4 is 11.1 Å². The fourth-order valence-corrected chi connectivity index (χ4v) is 6.29. The van der Waals surface area contributed by atoms with Crippen molar-refractivity contribution < 1.29 is 0 Å². The Morgan fingerprint density at radius 3 is 1.71 bits per heavy atom. The number of rotatable bonds is 5. The molecule has 0 bridgehead atoms. The highest BCUT2D eigenvalue weighted by Gasteiger charge is 2.18. The van der Waals surface area contributed by atoms with E-state index in [9.17, 15) is 9.59 Å². The second-order valence-corrected chi connectivity index (χ2v) is 12.1. The van der Waals surface area contributed by atoms with Crippen LogP contribution in [-0.2, 0) is 0 Å². The predicted octanol–water partition coefficient (Wildman–Crippen LogP) is 7.69. The van der Waals surface area contributed by atoms with E-state index in [4.69, 9.17) is 33.2 Å². The molecule has 2 N–H and O–H groups in total. The highest BCUT2D eigenvalue weighted by Crippen LogP contribution is 2.38. The van der Waals surface area contributed by atoms with Gasteiger partial charge < -0.3 is 9.97 Å². The minimum atomic E-state index is -0.256. The number of H-pyrrole nitrogens is 2. The molecule has 0 saturated carbocycles. The van der Waals surface area contributed by atoms with Crippen LogP contribution in [0.3, 0.4) is 0 Å². The van der Waals surface area contributed by atoms with Crippen LogP contribution >= 0.6 is 23.2 Å². The molecule has 0 saturated heterocycles. The van der Waals surface area contributed by atoms with Gasteiger partial charge in [0.1, 0.15) is 21.6 Å². The van der Waals surface area contributed by atoms with Gasteiger partial charge >= 0.3 is 0 Å². The van der Waals surface area contributed by atoms with E-state index in [0.717, 1.165) is 49.8 Å². The summed E-state index contributed by atoms with van der Waals surface area (Å²) in [4.78, 5) is 57.5. The van der Waals surface area contributed by atoms with Gasteiger partial charge in [-0.15, -0.1) is 0 Å². The summed E-state index contributed by atoms with van der Waals surface area (Å²) in [7, 11) is 0. The molecule has 0 radical (unpaired) electrons. The SMILES string of the molecule is Cc1cc(-c2cc3ccc(=O)[nH]c3nc2-c2ccnc(-c3cc(-c4cc5ccc(=O)[nH]c5nc4-c4ccncc4)cc(Cl)n3)c2)cc(Cl)n1. The van der Waals surface area contributed by atoms with E-state index < -0.39 is 0 Å². The minimum Gasteiger partial charge on any atom is -0.307 e. The molecule has 8 aromatic rings. The van der Waals surface area contributed by atoms with Crippen molar-refractivity contribution >= 4 is 45.3 Å². The van der Waals surface area contributed by atoms with Gasteiger partial charge in [-0.1, -0.05) is 23.2 Å². The van der Waals surface area contributed by atoms with Crippen molar-refractivity contribution in [1.29, 1.82) is 0 Å². The van der Waals surface area contributed by atoms with Crippen molar-refractivity contribution in [3.05, 3.63) is 140 Å². The second kappa shape index (κ2) is 12.2. The van der Waals surface area contributed by atoms with Crippen LogP contribution in [0.25, 0.3) is 78.2 Å². The molecular formula is C37H22Cl2N8O2. The number of aryl methyl sites for hydroxylation is 1. The third-order valence-electron chi connectivity index (χ3n) is 8.00. The van der Waals surface area contributed by atoms with E-state index in [1.54, 1.807) is 42.9 Å². The lowest BCUT2D eigenvalue weighted by molar-refractivity contribution is 1.20. The Labute approximate surface area is 287 Å². The summed E-state index contributed by atoms with van der Waals surface area (Å²) in [6.07, 6.45) is 5.05. The van der Waals surface area contributed by atoms with Crippen molar-refractivity contribution in [2.45, 2.75) is 6.92 Å². The first-order valence-electron chi connectivity index (χ1n) is 15.1. The molecule has 0 aromatic carbocycles. The van der Waals surface area contributed by atoms with E-state index >= 15 is 0 Å². The molecule has 0 amide bonds. The van der Waals surface area contributed by atoms with Crippen LogP contribution in [-0.4, -0.2) is 39.9 Å². The van der Waals surface area contributed by atoms with E-state index in [-0.39, 0.29) is 16.3 Å². The number of fused-ring (bicyclic) bond motifs is 2. The van der Waals surface area contributed by atoms with Crippen LogP contribution in [0.5, 0.6) is 0 Å². The standard InChI is InChI=1S/C37H22Cl2N8O2/c1-19-12-24(17-30(38)42-19)26-13-22-2-4-33(49)45-37(22)47-35(26)21-8-11-41-28(15-21)29-16-25(18-31(39)43-29)27-14-23-3-5-32(48)44-36(23)46-34(27)20-6-9-40-10-7-20/h2-18H,1H3,(H,44,46,48)(H,45,47,49). The molecular weight excluding hydrogens is 659 g/mol. The van der Waals surface area contributed by atoms with E-state index in [2.05, 4.69) is 29.9 Å². The number of aromatic amines is 2. The van der Waals surface area contributed by atoms with Crippen molar-refractivity contribution in [2.24, 2.45) is 0 Å². The van der Waals surface area contributed by atoms with E-state index in [1.165, 1.54) is 12.1 Å². The van der Waals surface area contributed by atoms with Crippen LogP contribution in [0.4, 0.5) is 0 Å². The van der Waals surface area contributed by atoms with Crippen molar-refractivity contribution in [3.8, 4) is 56.2 Å². The number of hydrogen-bond acceptors (Lipinski definition) is 8. The van der Waals surface area contributed by atoms with Gasteiger partial charge in [0.25, 0.3) is 0 Å². The average molecular weight is 682 g/mol. The summed E-state index contributed by atoms with van der Waals surface area (Å²) >= 11 is 13.1. The molecule has 0 spiro atoms. The maximum Gasteiger partial charge on any atom is 0.249 e. The lowest BCUT2D eigenvalue weighted by Gasteiger charge is -2.14. The topological polar surface area (TPSA) is 143 Å². The van der Waals surface area contributed by atoms with Gasteiger partial charge in [0, 0.05) is 69.4 Å². The minimum absolute atomic E-state index is 0.244. The summed E-state index contributed by atoms with van der Waals surface area (Å²) < 4.78 is 0. The largest absolute Gasteiger partial charge is 0.307 e. The number of nitrogens with one attached hydrogen (secondary N) is 2. The van der Waals surface area contributed by atoms with Crippen molar-refractivity contribution in [2.75, 3.05) is 0 Å². The van der Waals surface area contributed by atoms with Crippen molar-refractivity contribution in [1.82, 2.24) is 39.9 Å². The third kappa shape index (κ3) is 5.95. The highest BCUT2D eigenvalue weighted by molar-refractivity contribution is 6.30. The number of aromatic nitrogens is 8. The van der Waals surface area contributed by atoms with Crippen LogP contribution in [0.15, 0.2) is 113 Å². The van der Waals surface area contributed by atoms with Gasteiger partial charge in [-0.2, -0.15) is 0 Å². The summed E-state index contributed by atoms with van der Waals surface area (Å²) in [5.41, 5.74) is 8.15. The maximum atomic E-state index is 12.2. The zero-order valence-electron chi connectivity index (χ0n) is 25.6. The van der Waals surface area contributed by atoms with Crippen LogP contribution in [0.2, 0.25) is 10.3 Å². The molecule has 0 aliphatic carbocycles. The van der Waals surface area contributed by atoms with E-state index in [1.807, 2.05) is 55.5 Å². The number of halogens is 2. The molecule has 0 atom stereocenters. The quantitative estimate of drug-likeness (QED) is 0.176. The fraction of sp³-hybridized carbons (Fsp3) is 0.0270. The van der Waals surface area contributed by atoms with Gasteiger partial charge in [0.15, 0.2) is 0 Å². The lowest BCUT2D eigenvalue weighted by Crippen LogP contribution is -2.05. The molecule has 0 unspecified atom stereocenters. The summed E-state index contributed by atoms with van der Waals surface area (Å²) in [6.45, 7) is 1.87. The number of pyridine rings is 8. The molecule has 8 heterocycles. The number of hydrogen-bond donors (Lipinski definition) is 2. The number of nitrogens with zero attached hydrogens (tertiary/aromatic N) is 6. The predicted molar refractivity (Wildman–Crippen MR) is 191 cm³/mol. The normalized spacial score (nSPS) is 11.3. The van der Waals surface area contributed by atoms with Gasteiger partial charge in [-0.25, -0.2) is 19.9 Å². The Bertz CT molecular complexity index is 2690. The van der Waals surface area contributed by atoms with Gasteiger partial charge in [0.05, 0.1) is 22.8 Å². The third-order valence-corrected chi connectivity index (χ3v) is 8.39.